The number of carboxylic acid groups (broad SMARTS) is 1. The van der Waals surface area contributed by atoms with Crippen LogP contribution in [0.25, 0.3) is 10.9 Å². The molecule has 0 radical (unpaired) electrons. The highest BCUT2D eigenvalue weighted by atomic mass is 19.1. The molecule has 0 bridgehead atoms. The maximum atomic E-state index is 15.5. The van der Waals surface area contributed by atoms with Crippen LogP contribution in [-0.2, 0) is 13.0 Å². The van der Waals surface area contributed by atoms with Gasteiger partial charge in [0.25, 0.3) is 0 Å². The number of H-pyrrole nitrogens is 1. The summed E-state index contributed by atoms with van der Waals surface area (Å²) in [4.78, 5) is 28.9. The molecule has 7 heteroatoms. The topological polar surface area (TPSA) is 82.6 Å². The molecule has 0 aliphatic heterocycles. The van der Waals surface area contributed by atoms with E-state index in [4.69, 9.17) is 4.74 Å². The number of rotatable bonds is 7. The van der Waals surface area contributed by atoms with Crippen molar-refractivity contribution in [3.63, 3.8) is 0 Å². The fourth-order valence-corrected chi connectivity index (χ4v) is 4.06. The zero-order valence-electron chi connectivity index (χ0n) is 18.3. The first-order valence-electron chi connectivity index (χ1n) is 10.4. The van der Waals surface area contributed by atoms with Gasteiger partial charge >= 0.3 is 5.97 Å². The molecule has 4 aromatic rings. The highest BCUT2D eigenvalue weighted by Gasteiger charge is 2.22. The van der Waals surface area contributed by atoms with Crippen molar-refractivity contribution in [3.05, 3.63) is 105 Å². The van der Waals surface area contributed by atoms with Crippen molar-refractivity contribution in [2.24, 2.45) is 0 Å². The van der Waals surface area contributed by atoms with Crippen molar-refractivity contribution in [1.82, 2.24) is 4.98 Å². The Kier molecular flexibility index (Phi) is 6.13. The van der Waals surface area contributed by atoms with Gasteiger partial charge in [-0.3, -0.25) is 4.79 Å². The standard InChI is InChI=1S/C26H23FN2O4/c1-29(15-17-9-6-10-18(11-17)33-2)24-19(12-16-7-4-3-5-8-16)23-20(13-22(24)27)25(30)21(14-28-23)26(31)32/h3-11,13-14H,12,15H2,1-2H3,(H,28,30)(H,31,32). The van der Waals surface area contributed by atoms with Gasteiger partial charge in [-0.2, -0.15) is 0 Å². The van der Waals surface area contributed by atoms with Crippen LogP contribution in [0.3, 0.4) is 0 Å². The van der Waals surface area contributed by atoms with Crippen LogP contribution in [-0.4, -0.2) is 30.2 Å². The Morgan fingerprint density at radius 2 is 1.82 bits per heavy atom. The molecule has 0 saturated heterocycles. The van der Waals surface area contributed by atoms with Crippen LogP contribution in [0, 0.1) is 5.82 Å². The summed E-state index contributed by atoms with van der Waals surface area (Å²) in [5.74, 6) is -1.25. The number of fused-ring (bicyclic) bond motifs is 1. The summed E-state index contributed by atoms with van der Waals surface area (Å²) >= 11 is 0. The van der Waals surface area contributed by atoms with Crippen LogP contribution in [0.2, 0.25) is 0 Å². The molecule has 0 aliphatic rings. The van der Waals surface area contributed by atoms with Crippen molar-refractivity contribution in [2.45, 2.75) is 13.0 Å². The molecule has 4 rings (SSSR count). The van der Waals surface area contributed by atoms with Crippen LogP contribution in [0.1, 0.15) is 27.0 Å². The Bertz CT molecular complexity index is 1380. The fourth-order valence-electron chi connectivity index (χ4n) is 4.06. The molecule has 1 aromatic heterocycles. The third kappa shape index (κ3) is 4.43. The lowest BCUT2D eigenvalue weighted by molar-refractivity contribution is 0.0695. The van der Waals surface area contributed by atoms with Crippen LogP contribution in [0.4, 0.5) is 10.1 Å². The Balaban J connectivity index is 1.89. The van der Waals surface area contributed by atoms with E-state index in [1.54, 1.807) is 19.1 Å². The number of benzene rings is 3. The zero-order valence-corrected chi connectivity index (χ0v) is 18.3. The number of methoxy groups -OCH3 is 1. The van der Waals surface area contributed by atoms with Crippen molar-refractivity contribution in [2.75, 3.05) is 19.1 Å². The van der Waals surface area contributed by atoms with Gasteiger partial charge in [-0.05, 0) is 29.3 Å². The van der Waals surface area contributed by atoms with Crippen LogP contribution in [0.15, 0.2) is 71.7 Å². The first-order valence-corrected chi connectivity index (χ1v) is 10.4. The normalized spacial score (nSPS) is 10.9. The van der Waals surface area contributed by atoms with Crippen LogP contribution in [0.5, 0.6) is 5.75 Å². The second-order valence-corrected chi connectivity index (χ2v) is 7.81. The maximum absolute atomic E-state index is 15.5. The van der Waals surface area contributed by atoms with E-state index in [0.717, 1.165) is 17.2 Å². The molecule has 2 N–H and O–H groups in total. The number of aromatic carboxylic acids is 1. The molecule has 0 unspecified atom stereocenters. The third-order valence-electron chi connectivity index (χ3n) is 5.59. The first-order chi connectivity index (χ1) is 15.9. The summed E-state index contributed by atoms with van der Waals surface area (Å²) in [6.45, 7) is 0.402. The van der Waals surface area contributed by atoms with Gasteiger partial charge in [-0.25, -0.2) is 9.18 Å². The predicted molar refractivity (Wildman–Crippen MR) is 126 cm³/mol. The smallest absolute Gasteiger partial charge is 0.341 e. The van der Waals surface area contributed by atoms with E-state index in [0.29, 0.717) is 35.5 Å². The monoisotopic (exact) mass is 446 g/mol. The third-order valence-corrected chi connectivity index (χ3v) is 5.59. The molecule has 0 saturated carbocycles. The number of aromatic nitrogens is 1. The van der Waals surface area contributed by atoms with E-state index in [-0.39, 0.29) is 5.39 Å². The largest absolute Gasteiger partial charge is 0.497 e. The SMILES string of the molecule is COc1cccc(CN(C)c2c(F)cc3c(=O)c(C(=O)O)c[nH]c3c2Cc2ccccc2)c1. The number of carboxylic acids is 1. The van der Waals surface area contributed by atoms with E-state index in [2.05, 4.69) is 4.98 Å². The molecule has 6 nitrogen and oxygen atoms in total. The van der Waals surface area contributed by atoms with Crippen molar-refractivity contribution >= 4 is 22.6 Å². The number of nitrogens with one attached hydrogen (secondary N) is 1. The second-order valence-electron chi connectivity index (χ2n) is 7.81. The predicted octanol–water partition coefficient (Wildman–Crippen LogP) is 4.60. The average molecular weight is 446 g/mol. The molecule has 0 spiro atoms. The number of halogens is 1. The summed E-state index contributed by atoms with van der Waals surface area (Å²) in [5.41, 5.74) is 2.06. The van der Waals surface area contributed by atoms with Crippen molar-refractivity contribution < 1.29 is 19.0 Å². The van der Waals surface area contributed by atoms with Gasteiger partial charge in [-0.1, -0.05) is 42.5 Å². The van der Waals surface area contributed by atoms with E-state index < -0.39 is 22.8 Å². The molecule has 0 amide bonds. The molecule has 0 fully saturated rings. The van der Waals surface area contributed by atoms with Gasteiger partial charge < -0.3 is 19.7 Å². The van der Waals surface area contributed by atoms with Gasteiger partial charge in [0.1, 0.15) is 17.1 Å². The van der Waals surface area contributed by atoms with E-state index in [9.17, 15) is 14.7 Å². The molecule has 0 atom stereocenters. The summed E-state index contributed by atoms with van der Waals surface area (Å²) in [6, 6.07) is 18.2. The molecule has 0 aliphatic carbocycles. The molecule has 1 heterocycles. The van der Waals surface area contributed by atoms with E-state index >= 15 is 4.39 Å². The summed E-state index contributed by atoms with van der Waals surface area (Å²) < 4.78 is 20.8. The fraction of sp³-hybridized carbons (Fsp3) is 0.154. The average Bonchev–Trinajstić information content (AvgIpc) is 2.80. The Morgan fingerprint density at radius 1 is 1.09 bits per heavy atom. The molecule has 33 heavy (non-hydrogen) atoms. The molecular formula is C26H23FN2O4. The van der Waals surface area contributed by atoms with E-state index in [1.165, 1.54) is 6.20 Å². The minimum atomic E-state index is -1.36. The highest BCUT2D eigenvalue weighted by molar-refractivity contribution is 5.95. The maximum Gasteiger partial charge on any atom is 0.341 e. The lowest BCUT2D eigenvalue weighted by Gasteiger charge is -2.25. The minimum Gasteiger partial charge on any atom is -0.497 e. The van der Waals surface area contributed by atoms with E-state index in [1.807, 2.05) is 54.6 Å². The van der Waals surface area contributed by atoms with Gasteiger partial charge in [-0.15, -0.1) is 0 Å². The molecule has 3 aromatic carbocycles. The lowest BCUT2D eigenvalue weighted by Crippen LogP contribution is -2.22. The number of ether oxygens (including phenoxy) is 1. The number of hydrogen-bond donors (Lipinski definition) is 2. The highest BCUT2D eigenvalue weighted by Crippen LogP contribution is 2.33. The Hall–Kier alpha value is -4.13. The van der Waals surface area contributed by atoms with Gasteiger partial charge in [0.05, 0.1) is 18.3 Å². The number of nitrogens with zero attached hydrogens (tertiary/aromatic N) is 1. The number of hydrogen-bond acceptors (Lipinski definition) is 4. The zero-order chi connectivity index (χ0) is 23.5. The quantitative estimate of drug-likeness (QED) is 0.434. The lowest BCUT2D eigenvalue weighted by atomic mass is 9.97. The first kappa shape index (κ1) is 22.1. The van der Waals surface area contributed by atoms with Gasteiger partial charge in [0.15, 0.2) is 0 Å². The van der Waals surface area contributed by atoms with Crippen LogP contribution < -0.4 is 15.1 Å². The number of carbonyl (C=O) groups is 1. The minimum absolute atomic E-state index is 0.0110. The summed E-state index contributed by atoms with van der Waals surface area (Å²) in [5, 5.41) is 9.33. The van der Waals surface area contributed by atoms with Crippen molar-refractivity contribution in [3.8, 4) is 5.75 Å². The Morgan fingerprint density at radius 3 is 2.52 bits per heavy atom. The molecule has 168 valence electrons. The second kappa shape index (κ2) is 9.16. The summed E-state index contributed by atoms with van der Waals surface area (Å²) in [6.07, 6.45) is 1.53. The van der Waals surface area contributed by atoms with Crippen LogP contribution >= 0.6 is 0 Å². The van der Waals surface area contributed by atoms with Gasteiger partial charge in [0, 0.05) is 37.2 Å². The molecular weight excluding hydrogens is 423 g/mol. The Labute approximate surface area is 189 Å². The summed E-state index contributed by atoms with van der Waals surface area (Å²) in [7, 11) is 3.37. The number of aromatic amines is 1. The van der Waals surface area contributed by atoms with Gasteiger partial charge in [0.2, 0.25) is 5.43 Å². The number of anilines is 1. The van der Waals surface area contributed by atoms with Crippen molar-refractivity contribution in [1.29, 1.82) is 0 Å². The number of pyridine rings is 1.